The molecule has 8 nitrogen and oxygen atoms in total. The van der Waals surface area contributed by atoms with E-state index < -0.39 is 17.8 Å². The Morgan fingerprint density at radius 3 is 2.56 bits per heavy atom. The van der Waals surface area contributed by atoms with Gasteiger partial charge in [-0.1, -0.05) is 6.07 Å². The van der Waals surface area contributed by atoms with Crippen molar-refractivity contribution in [2.45, 2.75) is 20.8 Å². The molecule has 1 aliphatic rings. The number of anilines is 1. The van der Waals surface area contributed by atoms with Crippen molar-refractivity contribution in [2.24, 2.45) is 0 Å². The van der Waals surface area contributed by atoms with Gasteiger partial charge in [-0.2, -0.15) is 0 Å². The Morgan fingerprint density at radius 2 is 1.84 bits per heavy atom. The molecule has 8 heteroatoms. The van der Waals surface area contributed by atoms with Gasteiger partial charge in [0.15, 0.2) is 0 Å². The molecular formula is C24H22N4O4. The molecule has 1 N–H and O–H groups in total. The van der Waals surface area contributed by atoms with Crippen LogP contribution in [-0.2, 0) is 9.59 Å². The summed E-state index contributed by atoms with van der Waals surface area (Å²) >= 11 is 0. The number of carbonyl (C=O) groups excluding carboxylic acids is 3. The average Bonchev–Trinajstić information content (AvgIpc) is 3.05. The van der Waals surface area contributed by atoms with Crippen LogP contribution in [-0.4, -0.2) is 34.0 Å². The summed E-state index contributed by atoms with van der Waals surface area (Å²) in [5.41, 5.74) is 3.52. The summed E-state index contributed by atoms with van der Waals surface area (Å²) in [6.07, 6.45) is 4.94. The highest BCUT2D eigenvalue weighted by atomic mass is 16.5. The van der Waals surface area contributed by atoms with Crippen LogP contribution in [0.1, 0.15) is 23.9 Å². The topological polar surface area (TPSA) is 93.5 Å². The maximum atomic E-state index is 13.2. The number of urea groups is 1. The predicted octanol–water partition coefficient (Wildman–Crippen LogP) is 3.55. The van der Waals surface area contributed by atoms with Crippen LogP contribution < -0.4 is 15.0 Å². The minimum absolute atomic E-state index is 0.127. The van der Waals surface area contributed by atoms with Gasteiger partial charge in [0, 0.05) is 23.7 Å². The highest BCUT2D eigenvalue weighted by Gasteiger charge is 2.37. The molecule has 0 saturated carbocycles. The fourth-order valence-corrected chi connectivity index (χ4v) is 3.74. The summed E-state index contributed by atoms with van der Waals surface area (Å²) < 4.78 is 7.45. The van der Waals surface area contributed by atoms with Crippen molar-refractivity contribution in [2.75, 3.05) is 11.5 Å². The number of pyridine rings is 1. The monoisotopic (exact) mass is 430 g/mol. The Hall–Kier alpha value is -4.20. The van der Waals surface area contributed by atoms with Gasteiger partial charge in [0.05, 0.1) is 24.2 Å². The summed E-state index contributed by atoms with van der Waals surface area (Å²) in [6.45, 7) is 6.11. The van der Waals surface area contributed by atoms with Crippen molar-refractivity contribution in [3.8, 4) is 11.4 Å². The first-order valence-electron chi connectivity index (χ1n) is 10.1. The molecule has 32 heavy (non-hydrogen) atoms. The highest BCUT2D eigenvalue weighted by Crippen LogP contribution is 2.27. The number of imide groups is 2. The molecule has 0 unspecified atom stereocenters. The fraction of sp³-hybridized carbons (Fsp3) is 0.167. The third kappa shape index (κ3) is 3.78. The Morgan fingerprint density at radius 1 is 1.06 bits per heavy atom. The number of hydrogen-bond acceptors (Lipinski definition) is 5. The van der Waals surface area contributed by atoms with Crippen molar-refractivity contribution in [3.63, 3.8) is 0 Å². The van der Waals surface area contributed by atoms with E-state index in [1.54, 1.807) is 36.7 Å². The largest absolute Gasteiger partial charge is 0.494 e. The van der Waals surface area contributed by atoms with Gasteiger partial charge in [0.2, 0.25) is 0 Å². The predicted molar refractivity (Wildman–Crippen MR) is 120 cm³/mol. The Balaban J connectivity index is 1.74. The molecule has 0 bridgehead atoms. The summed E-state index contributed by atoms with van der Waals surface area (Å²) in [5, 5.41) is 2.25. The standard InChI is InChI=1S/C24H22N4O4/c1-4-32-20-9-5-7-18(13-20)28-23(30)21(22(29)26-24(28)31)12-17-11-15(2)27(16(17)3)19-8-6-10-25-14-19/h5-14H,4H2,1-3H3,(H,26,29,31)/b21-12+. The first-order valence-corrected chi connectivity index (χ1v) is 10.1. The Labute approximate surface area is 185 Å². The lowest BCUT2D eigenvalue weighted by molar-refractivity contribution is -0.122. The van der Waals surface area contributed by atoms with Gasteiger partial charge in [-0.05, 0) is 62.7 Å². The Bertz CT molecular complexity index is 1240. The van der Waals surface area contributed by atoms with Crippen LogP contribution in [0.25, 0.3) is 11.8 Å². The second-order valence-corrected chi connectivity index (χ2v) is 7.26. The third-order valence-corrected chi connectivity index (χ3v) is 5.16. The quantitative estimate of drug-likeness (QED) is 0.494. The number of aromatic nitrogens is 2. The molecule has 4 amide bonds. The average molecular weight is 430 g/mol. The first-order chi connectivity index (χ1) is 15.4. The lowest BCUT2D eigenvalue weighted by Crippen LogP contribution is -2.54. The van der Waals surface area contributed by atoms with E-state index in [4.69, 9.17) is 4.74 Å². The van der Waals surface area contributed by atoms with Crippen LogP contribution in [0.3, 0.4) is 0 Å². The van der Waals surface area contributed by atoms with Crippen molar-refractivity contribution < 1.29 is 19.1 Å². The second-order valence-electron chi connectivity index (χ2n) is 7.26. The number of rotatable bonds is 5. The van der Waals surface area contributed by atoms with Gasteiger partial charge in [-0.25, -0.2) is 9.69 Å². The van der Waals surface area contributed by atoms with Crippen LogP contribution in [0.2, 0.25) is 0 Å². The van der Waals surface area contributed by atoms with Gasteiger partial charge < -0.3 is 9.30 Å². The molecular weight excluding hydrogens is 408 g/mol. The minimum atomic E-state index is -0.799. The maximum Gasteiger partial charge on any atom is 0.335 e. The van der Waals surface area contributed by atoms with E-state index in [-0.39, 0.29) is 5.57 Å². The van der Waals surface area contributed by atoms with E-state index in [1.807, 2.05) is 43.5 Å². The smallest absolute Gasteiger partial charge is 0.335 e. The molecule has 0 spiro atoms. The van der Waals surface area contributed by atoms with E-state index in [2.05, 4.69) is 10.3 Å². The molecule has 3 heterocycles. The van der Waals surface area contributed by atoms with Gasteiger partial charge in [-0.3, -0.25) is 19.9 Å². The molecule has 0 radical (unpaired) electrons. The first kappa shape index (κ1) is 21.0. The van der Waals surface area contributed by atoms with E-state index >= 15 is 0 Å². The molecule has 1 aromatic carbocycles. The number of barbiturate groups is 1. The van der Waals surface area contributed by atoms with E-state index in [9.17, 15) is 14.4 Å². The number of nitrogens with one attached hydrogen (secondary N) is 1. The molecule has 4 rings (SSSR count). The summed E-state index contributed by atoms with van der Waals surface area (Å²) in [6, 6.07) is 11.5. The fourth-order valence-electron chi connectivity index (χ4n) is 3.74. The zero-order valence-corrected chi connectivity index (χ0v) is 18.0. The zero-order chi connectivity index (χ0) is 22.8. The number of aryl methyl sites for hydroxylation is 1. The molecule has 162 valence electrons. The second kappa shape index (κ2) is 8.50. The Kier molecular flexibility index (Phi) is 5.59. The van der Waals surface area contributed by atoms with Gasteiger partial charge in [0.1, 0.15) is 11.3 Å². The van der Waals surface area contributed by atoms with Crippen LogP contribution in [0.15, 0.2) is 60.4 Å². The molecule has 2 aromatic heterocycles. The summed E-state index contributed by atoms with van der Waals surface area (Å²) in [4.78, 5) is 43.3. The van der Waals surface area contributed by atoms with E-state index in [0.717, 1.165) is 22.0 Å². The molecule has 1 saturated heterocycles. The lowest BCUT2D eigenvalue weighted by atomic mass is 10.1. The number of ether oxygens (including phenoxy) is 1. The summed E-state index contributed by atoms with van der Waals surface area (Å²) in [5.74, 6) is -0.907. The SMILES string of the molecule is CCOc1cccc(N2C(=O)NC(=O)/C(=C\c3cc(C)n(-c4cccnc4)c3C)C2=O)c1. The number of hydrogen-bond donors (Lipinski definition) is 1. The maximum absolute atomic E-state index is 13.2. The zero-order valence-electron chi connectivity index (χ0n) is 18.0. The van der Waals surface area contributed by atoms with Gasteiger partial charge in [0.25, 0.3) is 11.8 Å². The molecule has 0 aliphatic carbocycles. The molecule has 1 aliphatic heterocycles. The van der Waals surface area contributed by atoms with Crippen molar-refractivity contribution >= 4 is 29.6 Å². The number of amides is 4. The molecule has 0 atom stereocenters. The van der Waals surface area contributed by atoms with Crippen LogP contribution in [0, 0.1) is 13.8 Å². The number of carbonyl (C=O) groups is 3. The summed E-state index contributed by atoms with van der Waals surface area (Å²) in [7, 11) is 0. The molecule has 1 fully saturated rings. The molecule has 3 aromatic rings. The van der Waals surface area contributed by atoms with Crippen molar-refractivity contribution in [1.29, 1.82) is 0 Å². The highest BCUT2D eigenvalue weighted by molar-refractivity contribution is 6.39. The lowest BCUT2D eigenvalue weighted by Gasteiger charge is -2.26. The van der Waals surface area contributed by atoms with E-state index in [1.165, 1.54) is 6.08 Å². The van der Waals surface area contributed by atoms with E-state index in [0.29, 0.717) is 23.6 Å². The minimum Gasteiger partial charge on any atom is -0.494 e. The van der Waals surface area contributed by atoms with Crippen LogP contribution in [0.5, 0.6) is 5.75 Å². The van der Waals surface area contributed by atoms with Crippen LogP contribution >= 0.6 is 0 Å². The van der Waals surface area contributed by atoms with Crippen LogP contribution in [0.4, 0.5) is 10.5 Å². The number of nitrogens with zero attached hydrogens (tertiary/aromatic N) is 3. The normalized spacial score (nSPS) is 15.3. The van der Waals surface area contributed by atoms with Gasteiger partial charge >= 0.3 is 6.03 Å². The van der Waals surface area contributed by atoms with Crippen molar-refractivity contribution in [1.82, 2.24) is 14.9 Å². The van der Waals surface area contributed by atoms with Crippen molar-refractivity contribution in [3.05, 3.63) is 77.4 Å². The number of benzene rings is 1. The van der Waals surface area contributed by atoms with Gasteiger partial charge in [-0.15, -0.1) is 0 Å². The third-order valence-electron chi connectivity index (χ3n) is 5.16.